The minimum Gasteiger partial charge on any atom is -0.467 e. The maximum Gasteiger partial charge on any atom is 0.397 e. The van der Waals surface area contributed by atoms with Crippen LogP contribution in [0.5, 0.6) is 0 Å². The monoisotopic (exact) mass is 637 g/mol. The highest BCUT2D eigenvalue weighted by Crippen LogP contribution is 2.32. The second kappa shape index (κ2) is 14.2. The average molecular weight is 638 g/mol. The summed E-state index contributed by atoms with van der Waals surface area (Å²) in [5.41, 5.74) is 0. The lowest BCUT2D eigenvalue weighted by Crippen LogP contribution is -2.68. The van der Waals surface area contributed by atoms with Gasteiger partial charge in [-0.1, -0.05) is 0 Å². The second-order valence-electron chi connectivity index (χ2n) is 7.69. The molecule has 0 bridgehead atoms. The molecule has 39 heavy (non-hydrogen) atoms. The van der Waals surface area contributed by atoms with Crippen molar-refractivity contribution in [1.29, 1.82) is 0 Å². The van der Waals surface area contributed by atoms with Crippen LogP contribution in [0, 0.1) is 0 Å². The number of aliphatic hydroxyl groups is 2. The summed E-state index contributed by atoms with van der Waals surface area (Å²) in [6, 6.07) is -1.84. The molecule has 0 aromatic rings. The molecule has 24 heteroatoms. The van der Waals surface area contributed by atoms with Crippen LogP contribution in [0.4, 0.5) is 0 Å². The number of aliphatic hydroxyl groups excluding tert-OH is 2. The SMILES string of the molecule is COC(=O)C1O[C@@H](O[C@H]2C(O)C(NS(=O)(=O)O)[C@@H](OC)O[C@@H]2COOS(=O)O)C(OS(=O)(=O)O)[C@H](O)[C@H]1OC. The van der Waals surface area contributed by atoms with E-state index in [1.807, 2.05) is 0 Å². The van der Waals surface area contributed by atoms with Gasteiger partial charge in [-0.05, 0) is 0 Å². The van der Waals surface area contributed by atoms with E-state index >= 15 is 0 Å². The molecule has 21 nitrogen and oxygen atoms in total. The van der Waals surface area contributed by atoms with Gasteiger partial charge in [-0.25, -0.2) is 13.9 Å². The Hall–Kier alpha value is -1.04. The maximum atomic E-state index is 12.2. The van der Waals surface area contributed by atoms with E-state index in [0.29, 0.717) is 0 Å². The smallest absolute Gasteiger partial charge is 0.397 e. The van der Waals surface area contributed by atoms with Crippen molar-refractivity contribution in [3.63, 3.8) is 0 Å². The molecule has 2 fully saturated rings. The van der Waals surface area contributed by atoms with E-state index in [1.165, 1.54) is 0 Å². The normalized spacial score (nSPS) is 36.8. The Bertz CT molecular complexity index is 1050. The molecule has 230 valence electrons. The first-order valence-corrected chi connectivity index (χ1v) is 14.1. The van der Waals surface area contributed by atoms with Gasteiger partial charge in [0.1, 0.15) is 43.2 Å². The van der Waals surface area contributed by atoms with Crippen molar-refractivity contribution in [2.24, 2.45) is 0 Å². The highest BCUT2D eigenvalue weighted by Gasteiger charge is 2.55. The van der Waals surface area contributed by atoms with Crippen molar-refractivity contribution in [3.8, 4) is 0 Å². The third-order valence-corrected chi connectivity index (χ3v) is 6.53. The van der Waals surface area contributed by atoms with E-state index in [-0.39, 0.29) is 0 Å². The number of hydrogen-bond acceptors (Lipinski definition) is 17. The lowest BCUT2D eigenvalue weighted by Gasteiger charge is -2.47. The molecule has 2 heterocycles. The molecule has 0 radical (unpaired) electrons. The molecule has 2 aliphatic heterocycles. The quantitative estimate of drug-likeness (QED) is 0.0364. The summed E-state index contributed by atoms with van der Waals surface area (Å²) in [5, 5.41) is 21.6. The molecule has 2 saturated heterocycles. The topological polar surface area (TPSA) is 299 Å². The second-order valence-corrected chi connectivity index (χ2v) is 10.5. The van der Waals surface area contributed by atoms with E-state index in [1.54, 1.807) is 4.72 Å². The number of ether oxygens (including phenoxy) is 6. The van der Waals surface area contributed by atoms with Crippen molar-refractivity contribution in [2.45, 2.75) is 61.3 Å². The maximum absolute atomic E-state index is 12.2. The fourth-order valence-corrected chi connectivity index (χ4v) is 4.98. The number of rotatable bonds is 13. The number of carbonyl (C=O) groups is 1. The first-order chi connectivity index (χ1) is 18.0. The van der Waals surface area contributed by atoms with Crippen LogP contribution in [-0.2, 0) is 78.7 Å². The van der Waals surface area contributed by atoms with E-state index < -0.39 is 106 Å². The van der Waals surface area contributed by atoms with Crippen molar-refractivity contribution in [3.05, 3.63) is 0 Å². The Balaban J connectivity index is 2.49. The summed E-state index contributed by atoms with van der Waals surface area (Å²) in [7, 11) is -7.40. The summed E-state index contributed by atoms with van der Waals surface area (Å²) in [4.78, 5) is 16.8. The molecule has 2 rings (SSSR count). The van der Waals surface area contributed by atoms with Crippen LogP contribution < -0.4 is 4.72 Å². The van der Waals surface area contributed by atoms with Gasteiger partial charge in [-0.3, -0.25) is 13.7 Å². The minimum absolute atomic E-state index is 0.854. The van der Waals surface area contributed by atoms with Crippen LogP contribution >= 0.6 is 0 Å². The standard InChI is InChI=1S/C15H27NO20S3/c1-28-10-8(18)11(35-39(25,26)27)15(34-12(10)13(19)29-2)33-9-5(4-31-36-37(20)21)32-14(30-3)6(7(9)17)16-38(22,23)24/h5-12,14-18H,4H2,1-3H3,(H,20,21)(H,22,23,24)(H,25,26,27)/t5-,6?,7?,8-,9-,10-,11?,12?,14+,15-/m1/s1. The predicted octanol–water partition coefficient (Wildman–Crippen LogP) is -4.59. The molecule has 2 aliphatic rings. The number of carbonyl (C=O) groups excluding carboxylic acids is 1. The number of nitrogens with one attached hydrogen (secondary N) is 1. The van der Waals surface area contributed by atoms with Gasteiger partial charge in [0.2, 0.25) is 0 Å². The van der Waals surface area contributed by atoms with Gasteiger partial charge in [-0.2, -0.15) is 25.8 Å². The van der Waals surface area contributed by atoms with E-state index in [9.17, 15) is 45.2 Å². The Morgan fingerprint density at radius 2 is 1.59 bits per heavy atom. The molecule has 0 aliphatic carbocycles. The molecule has 0 saturated carbocycles. The van der Waals surface area contributed by atoms with Crippen LogP contribution in [0.25, 0.3) is 0 Å². The van der Waals surface area contributed by atoms with Gasteiger partial charge in [0.15, 0.2) is 24.8 Å². The Morgan fingerprint density at radius 1 is 0.949 bits per heavy atom. The molecule has 0 spiro atoms. The Labute approximate surface area is 223 Å². The average Bonchev–Trinajstić information content (AvgIpc) is 2.82. The van der Waals surface area contributed by atoms with E-state index in [0.717, 1.165) is 21.3 Å². The summed E-state index contributed by atoms with van der Waals surface area (Å²) in [5.74, 6) is -1.15. The molecular formula is C15H27NO20S3. The van der Waals surface area contributed by atoms with E-state index in [2.05, 4.69) is 18.1 Å². The molecule has 0 aromatic carbocycles. The largest absolute Gasteiger partial charge is 0.467 e. The van der Waals surface area contributed by atoms with Crippen LogP contribution in [0.3, 0.4) is 0 Å². The molecule has 0 aromatic heterocycles. The van der Waals surface area contributed by atoms with Gasteiger partial charge in [-0.15, -0.1) is 4.33 Å². The van der Waals surface area contributed by atoms with Crippen LogP contribution in [-0.4, -0.2) is 140 Å². The van der Waals surface area contributed by atoms with Gasteiger partial charge in [0.25, 0.3) is 0 Å². The zero-order chi connectivity index (χ0) is 29.7. The van der Waals surface area contributed by atoms with Crippen molar-refractivity contribution in [1.82, 2.24) is 4.72 Å². The lowest BCUT2D eigenvalue weighted by atomic mass is 9.96. The lowest BCUT2D eigenvalue weighted by molar-refractivity contribution is -0.349. The Kier molecular flexibility index (Phi) is 12.5. The third-order valence-electron chi connectivity index (χ3n) is 5.28. The fourth-order valence-electron chi connectivity index (χ4n) is 3.76. The van der Waals surface area contributed by atoms with Gasteiger partial charge in [0.05, 0.1) is 7.11 Å². The summed E-state index contributed by atoms with van der Waals surface area (Å²) < 4.78 is 125. The Morgan fingerprint density at radius 3 is 2.08 bits per heavy atom. The summed E-state index contributed by atoms with van der Waals surface area (Å²) in [6.07, 6.45) is -17.2. The molecule has 6 N–H and O–H groups in total. The van der Waals surface area contributed by atoms with Crippen LogP contribution in [0.15, 0.2) is 0 Å². The minimum atomic E-state index is -5.34. The first-order valence-electron chi connectivity index (χ1n) is 10.3. The predicted molar refractivity (Wildman–Crippen MR) is 117 cm³/mol. The molecule has 5 unspecified atom stereocenters. The summed E-state index contributed by atoms with van der Waals surface area (Å²) in [6.45, 7) is -0.854. The number of esters is 1. The first kappa shape index (κ1) is 34.2. The highest BCUT2D eigenvalue weighted by molar-refractivity contribution is 7.83. The zero-order valence-electron chi connectivity index (χ0n) is 20.1. The molecular weight excluding hydrogens is 610 g/mol. The van der Waals surface area contributed by atoms with Gasteiger partial charge >= 0.3 is 38.0 Å². The van der Waals surface area contributed by atoms with Gasteiger partial charge < -0.3 is 38.6 Å². The fraction of sp³-hybridized carbons (Fsp3) is 0.933. The summed E-state index contributed by atoms with van der Waals surface area (Å²) >= 11 is -2.94. The van der Waals surface area contributed by atoms with Gasteiger partial charge in [0, 0.05) is 14.2 Å². The zero-order valence-corrected chi connectivity index (χ0v) is 22.5. The van der Waals surface area contributed by atoms with E-state index in [4.69, 9.17) is 28.2 Å². The highest BCUT2D eigenvalue weighted by atomic mass is 32.3. The van der Waals surface area contributed by atoms with Crippen LogP contribution in [0.2, 0.25) is 0 Å². The third kappa shape index (κ3) is 9.50. The molecule has 0 amide bonds. The molecule has 11 atom stereocenters. The number of methoxy groups -OCH3 is 3. The van der Waals surface area contributed by atoms with Crippen molar-refractivity contribution in [2.75, 3.05) is 27.9 Å². The van der Waals surface area contributed by atoms with Crippen LogP contribution in [0.1, 0.15) is 0 Å². The van der Waals surface area contributed by atoms with Crippen molar-refractivity contribution >= 4 is 38.0 Å². The number of hydrogen-bond donors (Lipinski definition) is 6. The van der Waals surface area contributed by atoms with Crippen molar-refractivity contribution < 1.29 is 91.5 Å².